The molecule has 0 saturated heterocycles. The van der Waals surface area contributed by atoms with Gasteiger partial charge in [-0.25, -0.2) is 8.78 Å². The maximum atomic E-state index is 13.7. The van der Waals surface area contributed by atoms with Crippen LogP contribution in [0.5, 0.6) is 0 Å². The van der Waals surface area contributed by atoms with Gasteiger partial charge in [0.05, 0.1) is 4.47 Å². The number of hydrogen-bond acceptors (Lipinski definition) is 1. The zero-order chi connectivity index (χ0) is 12.5. The average molecular weight is 292 g/mol. The van der Waals surface area contributed by atoms with Crippen molar-refractivity contribution in [3.05, 3.63) is 33.8 Å². The molecule has 0 spiro atoms. The van der Waals surface area contributed by atoms with E-state index in [-0.39, 0.29) is 15.5 Å². The van der Waals surface area contributed by atoms with Crippen LogP contribution in [-0.4, -0.2) is 0 Å². The van der Waals surface area contributed by atoms with E-state index in [1.54, 1.807) is 0 Å². The summed E-state index contributed by atoms with van der Waals surface area (Å²) in [6.45, 7) is 5.96. The Morgan fingerprint density at radius 1 is 1.31 bits per heavy atom. The molecule has 0 saturated carbocycles. The van der Waals surface area contributed by atoms with E-state index in [1.165, 1.54) is 12.1 Å². The fourth-order valence-corrected chi connectivity index (χ4v) is 1.99. The monoisotopic (exact) mass is 291 g/mol. The molecule has 0 heterocycles. The summed E-state index contributed by atoms with van der Waals surface area (Å²) in [7, 11) is 0. The van der Waals surface area contributed by atoms with Gasteiger partial charge >= 0.3 is 0 Å². The fourth-order valence-electron chi connectivity index (χ4n) is 1.64. The van der Waals surface area contributed by atoms with Crippen LogP contribution >= 0.6 is 15.9 Å². The van der Waals surface area contributed by atoms with Crippen molar-refractivity contribution in [1.29, 1.82) is 0 Å². The van der Waals surface area contributed by atoms with Crippen molar-refractivity contribution in [3.63, 3.8) is 0 Å². The Hall–Kier alpha value is -0.480. The molecule has 0 radical (unpaired) electrons. The van der Waals surface area contributed by atoms with Gasteiger partial charge in [-0.3, -0.25) is 0 Å². The van der Waals surface area contributed by atoms with Gasteiger partial charge in [0.2, 0.25) is 0 Å². The molecule has 90 valence electrons. The van der Waals surface area contributed by atoms with Crippen LogP contribution in [0.25, 0.3) is 0 Å². The van der Waals surface area contributed by atoms with Crippen molar-refractivity contribution in [2.75, 3.05) is 0 Å². The summed E-state index contributed by atoms with van der Waals surface area (Å²) < 4.78 is 27.5. The first kappa shape index (κ1) is 13.6. The molecule has 0 fully saturated rings. The second-order valence-electron chi connectivity index (χ2n) is 5.13. The van der Waals surface area contributed by atoms with E-state index in [1.807, 2.05) is 20.8 Å². The van der Waals surface area contributed by atoms with Crippen LogP contribution in [0.15, 0.2) is 16.6 Å². The van der Waals surface area contributed by atoms with Crippen LogP contribution in [0.1, 0.15) is 38.8 Å². The third kappa shape index (κ3) is 3.25. The number of hydrogen-bond donors (Lipinski definition) is 1. The first-order valence-electron chi connectivity index (χ1n) is 5.11. The van der Waals surface area contributed by atoms with Crippen molar-refractivity contribution in [1.82, 2.24) is 0 Å². The first-order chi connectivity index (χ1) is 7.22. The van der Waals surface area contributed by atoms with Crippen LogP contribution < -0.4 is 5.73 Å². The summed E-state index contributed by atoms with van der Waals surface area (Å²) in [5.41, 5.74) is 5.74. The summed E-state index contributed by atoms with van der Waals surface area (Å²) in [6, 6.07) is 1.95. The second kappa shape index (κ2) is 4.80. The van der Waals surface area contributed by atoms with Gasteiger partial charge in [0.25, 0.3) is 0 Å². The van der Waals surface area contributed by atoms with E-state index >= 15 is 0 Å². The van der Waals surface area contributed by atoms with Crippen LogP contribution in [0.4, 0.5) is 8.78 Å². The summed E-state index contributed by atoms with van der Waals surface area (Å²) in [4.78, 5) is 0. The molecule has 2 N–H and O–H groups in total. The third-order valence-corrected chi connectivity index (χ3v) is 2.89. The average Bonchev–Trinajstić information content (AvgIpc) is 2.09. The van der Waals surface area contributed by atoms with E-state index in [2.05, 4.69) is 15.9 Å². The molecule has 1 unspecified atom stereocenters. The molecular weight excluding hydrogens is 276 g/mol. The molecule has 1 aromatic rings. The molecule has 1 atom stereocenters. The summed E-state index contributed by atoms with van der Waals surface area (Å²) in [5.74, 6) is -1.19. The molecule has 0 aliphatic heterocycles. The lowest BCUT2D eigenvalue weighted by Gasteiger charge is -2.24. The van der Waals surface area contributed by atoms with Gasteiger partial charge < -0.3 is 5.73 Å². The van der Waals surface area contributed by atoms with Gasteiger partial charge in [0.1, 0.15) is 11.6 Å². The summed E-state index contributed by atoms with van der Waals surface area (Å²) >= 11 is 3.03. The smallest absolute Gasteiger partial charge is 0.145 e. The Balaban J connectivity index is 3.08. The highest BCUT2D eigenvalue weighted by atomic mass is 79.9. The van der Waals surface area contributed by atoms with Gasteiger partial charge in [-0.2, -0.15) is 0 Å². The minimum absolute atomic E-state index is 0.0377. The highest BCUT2D eigenvalue weighted by Gasteiger charge is 2.23. The van der Waals surface area contributed by atoms with Crippen molar-refractivity contribution < 1.29 is 8.78 Å². The Labute approximate surface area is 103 Å². The van der Waals surface area contributed by atoms with Gasteiger partial charge in [0, 0.05) is 11.6 Å². The van der Waals surface area contributed by atoms with E-state index < -0.39 is 17.7 Å². The number of benzene rings is 1. The minimum Gasteiger partial charge on any atom is -0.324 e. The Morgan fingerprint density at radius 2 is 1.88 bits per heavy atom. The molecule has 16 heavy (non-hydrogen) atoms. The second-order valence-corrected chi connectivity index (χ2v) is 5.98. The Bertz CT molecular complexity index is 385. The predicted octanol–water partition coefficient (Wildman–Crippen LogP) is 4.16. The third-order valence-electron chi connectivity index (χ3n) is 2.28. The SMILES string of the molecule is CC(C)(C)CC(N)c1c(F)ccc(Br)c1F. The van der Waals surface area contributed by atoms with Crippen molar-refractivity contribution >= 4 is 15.9 Å². The fraction of sp³-hybridized carbons (Fsp3) is 0.500. The molecule has 1 aromatic carbocycles. The molecule has 0 amide bonds. The topological polar surface area (TPSA) is 26.0 Å². The predicted molar refractivity (Wildman–Crippen MR) is 65.1 cm³/mol. The highest BCUT2D eigenvalue weighted by Crippen LogP contribution is 2.32. The lowest BCUT2D eigenvalue weighted by molar-refractivity contribution is 0.333. The quantitative estimate of drug-likeness (QED) is 0.814. The number of rotatable bonds is 2. The van der Waals surface area contributed by atoms with E-state index in [4.69, 9.17) is 5.73 Å². The number of halogens is 3. The van der Waals surface area contributed by atoms with Gasteiger partial charge in [0.15, 0.2) is 0 Å². The number of nitrogens with two attached hydrogens (primary N) is 1. The molecular formula is C12H16BrF2N. The van der Waals surface area contributed by atoms with Gasteiger partial charge in [-0.05, 0) is 39.9 Å². The summed E-state index contributed by atoms with van der Waals surface area (Å²) in [6.07, 6.45) is 0.525. The zero-order valence-electron chi connectivity index (χ0n) is 9.65. The molecule has 0 aromatic heterocycles. The lowest BCUT2D eigenvalue weighted by Crippen LogP contribution is -2.21. The lowest BCUT2D eigenvalue weighted by atomic mass is 9.85. The first-order valence-corrected chi connectivity index (χ1v) is 5.90. The highest BCUT2D eigenvalue weighted by molar-refractivity contribution is 9.10. The Kier molecular flexibility index (Phi) is 4.07. The van der Waals surface area contributed by atoms with Crippen molar-refractivity contribution in [3.8, 4) is 0 Å². The van der Waals surface area contributed by atoms with Crippen molar-refractivity contribution in [2.24, 2.45) is 11.1 Å². The Morgan fingerprint density at radius 3 is 2.38 bits per heavy atom. The zero-order valence-corrected chi connectivity index (χ0v) is 11.2. The molecule has 1 rings (SSSR count). The molecule has 0 aliphatic carbocycles. The van der Waals surface area contributed by atoms with Crippen LogP contribution in [0.2, 0.25) is 0 Å². The standard InChI is InChI=1S/C12H16BrF2N/c1-12(2,3)6-9(16)10-8(14)5-4-7(13)11(10)15/h4-5,9H,6,16H2,1-3H3. The van der Waals surface area contributed by atoms with Crippen molar-refractivity contribution in [2.45, 2.75) is 33.2 Å². The van der Waals surface area contributed by atoms with E-state index in [0.717, 1.165) is 0 Å². The van der Waals surface area contributed by atoms with Crippen LogP contribution in [-0.2, 0) is 0 Å². The molecule has 0 aliphatic rings. The minimum atomic E-state index is -0.627. The van der Waals surface area contributed by atoms with Crippen LogP contribution in [0, 0.1) is 17.0 Å². The summed E-state index contributed by atoms with van der Waals surface area (Å²) in [5, 5.41) is 0. The largest absolute Gasteiger partial charge is 0.324 e. The maximum absolute atomic E-state index is 13.7. The van der Waals surface area contributed by atoms with Crippen LogP contribution in [0.3, 0.4) is 0 Å². The van der Waals surface area contributed by atoms with E-state index in [0.29, 0.717) is 6.42 Å². The van der Waals surface area contributed by atoms with Gasteiger partial charge in [-0.15, -0.1) is 0 Å². The normalized spacial score (nSPS) is 13.9. The molecule has 4 heteroatoms. The van der Waals surface area contributed by atoms with Gasteiger partial charge in [-0.1, -0.05) is 20.8 Å². The maximum Gasteiger partial charge on any atom is 0.145 e. The molecule has 0 bridgehead atoms. The molecule has 1 nitrogen and oxygen atoms in total. The van der Waals surface area contributed by atoms with E-state index in [9.17, 15) is 8.78 Å².